The molecular weight excluding hydrogens is 335 g/mol. The summed E-state index contributed by atoms with van der Waals surface area (Å²) >= 11 is 0. The molecule has 6 heteroatoms. The van der Waals surface area contributed by atoms with E-state index >= 15 is 0 Å². The molecule has 1 saturated heterocycles. The number of carboxylic acids is 1. The first-order chi connectivity index (χ1) is 12.5. The Kier molecular flexibility index (Phi) is 5.79. The molecule has 26 heavy (non-hydrogen) atoms. The van der Waals surface area contributed by atoms with Crippen LogP contribution in [0.1, 0.15) is 50.5 Å². The lowest BCUT2D eigenvalue weighted by atomic mass is 9.69. The van der Waals surface area contributed by atoms with Crippen molar-refractivity contribution in [1.29, 1.82) is 0 Å². The minimum absolute atomic E-state index is 0.143. The van der Waals surface area contributed by atoms with Crippen LogP contribution in [0.15, 0.2) is 24.3 Å². The molecule has 1 aliphatic carbocycles. The summed E-state index contributed by atoms with van der Waals surface area (Å²) in [5.74, 6) is -1.37. The fourth-order valence-electron chi connectivity index (χ4n) is 4.30. The third-order valence-corrected chi connectivity index (χ3v) is 5.96. The average molecular weight is 362 g/mol. The molecule has 0 radical (unpaired) electrons. The number of nitrogens with zero attached hydrogens (tertiary/aromatic N) is 1. The number of carbonyl (C=O) groups is 2. The molecule has 1 heterocycles. The van der Waals surface area contributed by atoms with E-state index in [0.29, 0.717) is 32.5 Å². The van der Waals surface area contributed by atoms with Crippen molar-refractivity contribution in [2.24, 2.45) is 5.92 Å². The summed E-state index contributed by atoms with van der Waals surface area (Å²) in [6, 6.07) is 6.59. The Bertz CT molecular complexity index is 650. The van der Waals surface area contributed by atoms with Gasteiger partial charge >= 0.3 is 12.0 Å². The zero-order chi connectivity index (χ0) is 18.6. The van der Waals surface area contributed by atoms with Crippen molar-refractivity contribution in [3.8, 4) is 0 Å². The van der Waals surface area contributed by atoms with Crippen LogP contribution >= 0.6 is 0 Å². The Morgan fingerprint density at radius 3 is 2.50 bits per heavy atom. The van der Waals surface area contributed by atoms with Gasteiger partial charge in [0.25, 0.3) is 0 Å². The van der Waals surface area contributed by atoms with Crippen molar-refractivity contribution >= 4 is 12.0 Å². The molecule has 1 aromatic rings. The minimum atomic E-state index is -0.780. The molecule has 0 unspecified atom stereocenters. The first kappa shape index (κ1) is 18.7. The molecule has 1 saturated carbocycles. The summed E-state index contributed by atoms with van der Waals surface area (Å²) in [6.07, 6.45) is 6.21. The van der Waals surface area contributed by atoms with E-state index in [1.165, 1.54) is 12.5 Å². The van der Waals surface area contributed by atoms with Crippen molar-refractivity contribution in [2.45, 2.75) is 50.4 Å². The maximum Gasteiger partial charge on any atom is 0.317 e. The quantitative estimate of drug-likeness (QED) is 0.861. The highest BCUT2D eigenvalue weighted by molar-refractivity contribution is 5.75. The van der Waals surface area contributed by atoms with Crippen LogP contribution in [0.5, 0.6) is 0 Å². The summed E-state index contributed by atoms with van der Waals surface area (Å²) in [7, 11) is 0. The third kappa shape index (κ3) is 4.17. The second kappa shape index (κ2) is 8.06. The first-order valence-corrected chi connectivity index (χ1v) is 9.52. The Balaban J connectivity index is 1.63. The maximum atomic E-state index is 13.7. The van der Waals surface area contributed by atoms with Crippen LogP contribution in [-0.4, -0.2) is 41.6 Å². The summed E-state index contributed by atoms with van der Waals surface area (Å²) in [5.41, 5.74) is 0.747. The molecule has 1 aliphatic heterocycles. The number of nitrogens with one attached hydrogen (secondary N) is 1. The molecule has 2 N–H and O–H groups in total. The van der Waals surface area contributed by atoms with Gasteiger partial charge < -0.3 is 15.3 Å². The van der Waals surface area contributed by atoms with E-state index < -0.39 is 5.97 Å². The summed E-state index contributed by atoms with van der Waals surface area (Å²) < 4.78 is 13.7. The van der Waals surface area contributed by atoms with Gasteiger partial charge in [-0.25, -0.2) is 9.18 Å². The molecule has 0 bridgehead atoms. The highest BCUT2D eigenvalue weighted by atomic mass is 19.1. The monoisotopic (exact) mass is 362 g/mol. The van der Waals surface area contributed by atoms with Crippen LogP contribution in [0.4, 0.5) is 9.18 Å². The Labute approximate surface area is 153 Å². The number of carboxylic acid groups (broad SMARTS) is 1. The number of hydrogen-bond donors (Lipinski definition) is 2. The Morgan fingerprint density at radius 2 is 1.88 bits per heavy atom. The van der Waals surface area contributed by atoms with Gasteiger partial charge in [-0.2, -0.15) is 0 Å². The number of amides is 2. The Morgan fingerprint density at radius 1 is 1.19 bits per heavy atom. The van der Waals surface area contributed by atoms with Gasteiger partial charge in [0, 0.05) is 25.0 Å². The third-order valence-electron chi connectivity index (χ3n) is 5.96. The highest BCUT2D eigenvalue weighted by Crippen LogP contribution is 2.39. The number of piperidine rings is 1. The van der Waals surface area contributed by atoms with Crippen LogP contribution in [0, 0.1) is 11.7 Å². The maximum absolute atomic E-state index is 13.7. The van der Waals surface area contributed by atoms with E-state index in [0.717, 1.165) is 31.2 Å². The van der Waals surface area contributed by atoms with Gasteiger partial charge in [0.2, 0.25) is 0 Å². The van der Waals surface area contributed by atoms with E-state index in [1.54, 1.807) is 17.0 Å². The molecule has 0 spiro atoms. The van der Waals surface area contributed by atoms with Gasteiger partial charge in [-0.1, -0.05) is 31.4 Å². The van der Waals surface area contributed by atoms with E-state index in [2.05, 4.69) is 5.32 Å². The lowest BCUT2D eigenvalue weighted by Gasteiger charge is -2.39. The van der Waals surface area contributed by atoms with Crippen molar-refractivity contribution in [3.63, 3.8) is 0 Å². The Hall–Kier alpha value is -2.11. The molecule has 2 fully saturated rings. The number of hydrogen-bond acceptors (Lipinski definition) is 2. The molecule has 2 amide bonds. The molecule has 5 nitrogen and oxygen atoms in total. The van der Waals surface area contributed by atoms with Crippen LogP contribution in [-0.2, 0) is 10.2 Å². The standard InChI is InChI=1S/C20H27FN2O3/c21-17-6-4-5-16(13-17)20(9-2-1-3-10-20)14-22-19(26)23-11-7-15(8-12-23)18(24)25/h4-6,13,15H,1-3,7-12,14H2,(H,22,26)(H,24,25). The fraction of sp³-hybridized carbons (Fsp3) is 0.600. The van der Waals surface area contributed by atoms with E-state index in [1.807, 2.05) is 6.07 Å². The second-order valence-corrected chi connectivity index (χ2v) is 7.61. The number of carbonyl (C=O) groups excluding carboxylic acids is 1. The molecular formula is C20H27FN2O3. The van der Waals surface area contributed by atoms with Gasteiger partial charge in [-0.15, -0.1) is 0 Å². The number of rotatable bonds is 4. The normalized spacial score (nSPS) is 20.6. The number of urea groups is 1. The summed E-state index contributed by atoms with van der Waals surface area (Å²) in [5, 5.41) is 12.1. The van der Waals surface area contributed by atoms with Crippen LogP contribution < -0.4 is 5.32 Å². The SMILES string of the molecule is O=C(O)C1CCN(C(=O)NCC2(c3cccc(F)c3)CCCCC2)CC1. The molecule has 0 aromatic heterocycles. The number of benzene rings is 1. The molecule has 0 atom stereocenters. The topological polar surface area (TPSA) is 69.6 Å². The van der Waals surface area contributed by atoms with Crippen LogP contribution in [0.3, 0.4) is 0 Å². The number of aliphatic carboxylic acids is 1. The summed E-state index contributed by atoms with van der Waals surface area (Å²) in [4.78, 5) is 25.3. The number of halogens is 1. The van der Waals surface area contributed by atoms with Crippen molar-refractivity contribution < 1.29 is 19.1 Å². The molecule has 3 rings (SSSR count). The van der Waals surface area contributed by atoms with Crippen molar-refractivity contribution in [1.82, 2.24) is 10.2 Å². The van der Waals surface area contributed by atoms with E-state index in [4.69, 9.17) is 5.11 Å². The predicted molar refractivity (Wildman–Crippen MR) is 96.5 cm³/mol. The van der Waals surface area contributed by atoms with E-state index in [-0.39, 0.29) is 23.2 Å². The van der Waals surface area contributed by atoms with Gasteiger partial charge in [0.1, 0.15) is 5.82 Å². The minimum Gasteiger partial charge on any atom is -0.481 e. The largest absolute Gasteiger partial charge is 0.481 e. The van der Waals surface area contributed by atoms with E-state index in [9.17, 15) is 14.0 Å². The average Bonchev–Trinajstić information content (AvgIpc) is 2.67. The highest BCUT2D eigenvalue weighted by Gasteiger charge is 2.35. The predicted octanol–water partition coefficient (Wildman–Crippen LogP) is 3.53. The van der Waals surface area contributed by atoms with Gasteiger partial charge in [-0.05, 0) is 43.4 Å². The second-order valence-electron chi connectivity index (χ2n) is 7.61. The zero-order valence-electron chi connectivity index (χ0n) is 15.0. The van der Waals surface area contributed by atoms with Crippen molar-refractivity contribution in [3.05, 3.63) is 35.6 Å². The van der Waals surface area contributed by atoms with Gasteiger partial charge in [0.05, 0.1) is 5.92 Å². The fourth-order valence-corrected chi connectivity index (χ4v) is 4.30. The molecule has 142 valence electrons. The van der Waals surface area contributed by atoms with Gasteiger partial charge in [0.15, 0.2) is 0 Å². The first-order valence-electron chi connectivity index (χ1n) is 9.52. The lowest BCUT2D eigenvalue weighted by Crippen LogP contribution is -2.49. The van der Waals surface area contributed by atoms with Crippen LogP contribution in [0.25, 0.3) is 0 Å². The lowest BCUT2D eigenvalue weighted by molar-refractivity contribution is -0.143. The zero-order valence-corrected chi connectivity index (χ0v) is 15.0. The smallest absolute Gasteiger partial charge is 0.317 e. The van der Waals surface area contributed by atoms with Crippen LogP contribution in [0.2, 0.25) is 0 Å². The molecule has 1 aromatic carbocycles. The summed E-state index contributed by atoms with van der Waals surface area (Å²) in [6.45, 7) is 1.43. The van der Waals surface area contributed by atoms with Gasteiger partial charge in [-0.3, -0.25) is 4.79 Å². The van der Waals surface area contributed by atoms with Crippen molar-refractivity contribution in [2.75, 3.05) is 19.6 Å². The molecule has 2 aliphatic rings. The number of likely N-dealkylation sites (tertiary alicyclic amines) is 1.